The molecule has 1 N–H and O–H groups in total. The first kappa shape index (κ1) is 22.6. The number of esters is 4. The Morgan fingerprint density at radius 3 is 2.00 bits per heavy atom. The summed E-state index contributed by atoms with van der Waals surface area (Å²) in [5.41, 5.74) is 0.141. The summed E-state index contributed by atoms with van der Waals surface area (Å²) in [4.78, 5) is 60.0. The lowest BCUT2D eigenvalue weighted by molar-refractivity contribution is -0.158. The van der Waals surface area contributed by atoms with Gasteiger partial charge in [-0.25, -0.2) is 9.59 Å². The normalized spacial score (nSPS) is 12.1. The van der Waals surface area contributed by atoms with Crippen LogP contribution in [0.15, 0.2) is 24.3 Å². The standard InChI is InChI=1S/C18H21NO9/c1-25-13(20)9-12(17(23)27-3)14(18(24)28-4)19-15(21)10-6-5-7-11(8-10)16(22)26-2/h5-8,12,14H,9H2,1-4H3,(H,19,21)/t12-,14+/m1/s1. The molecule has 10 nitrogen and oxygen atoms in total. The highest BCUT2D eigenvalue weighted by Crippen LogP contribution is 2.16. The minimum Gasteiger partial charge on any atom is -0.469 e. The van der Waals surface area contributed by atoms with Crippen LogP contribution in [0.25, 0.3) is 0 Å². The topological polar surface area (TPSA) is 134 Å². The van der Waals surface area contributed by atoms with Crippen molar-refractivity contribution in [1.82, 2.24) is 5.32 Å². The maximum Gasteiger partial charge on any atom is 0.337 e. The predicted molar refractivity (Wildman–Crippen MR) is 93.2 cm³/mol. The Balaban J connectivity index is 3.18. The average molecular weight is 395 g/mol. The molecule has 0 aliphatic heterocycles. The van der Waals surface area contributed by atoms with Gasteiger partial charge in [-0.1, -0.05) is 6.07 Å². The molecule has 0 saturated carbocycles. The van der Waals surface area contributed by atoms with Gasteiger partial charge in [-0.15, -0.1) is 0 Å². The van der Waals surface area contributed by atoms with Gasteiger partial charge in [0.25, 0.3) is 5.91 Å². The van der Waals surface area contributed by atoms with Crippen LogP contribution in [0.3, 0.4) is 0 Å². The van der Waals surface area contributed by atoms with E-state index in [1.54, 1.807) is 0 Å². The first-order valence-electron chi connectivity index (χ1n) is 8.00. The van der Waals surface area contributed by atoms with Crippen LogP contribution >= 0.6 is 0 Å². The van der Waals surface area contributed by atoms with Gasteiger partial charge in [0.2, 0.25) is 0 Å². The van der Waals surface area contributed by atoms with Crippen molar-refractivity contribution in [2.45, 2.75) is 12.5 Å². The fraction of sp³-hybridized carbons (Fsp3) is 0.389. The molecule has 0 spiro atoms. The maximum absolute atomic E-state index is 12.6. The lowest BCUT2D eigenvalue weighted by atomic mass is 9.95. The van der Waals surface area contributed by atoms with Crippen LogP contribution in [0, 0.1) is 5.92 Å². The molecule has 0 heterocycles. The molecule has 0 bridgehead atoms. The minimum atomic E-state index is -1.52. The van der Waals surface area contributed by atoms with Gasteiger partial charge >= 0.3 is 23.9 Å². The summed E-state index contributed by atoms with van der Waals surface area (Å²) in [7, 11) is 4.44. The van der Waals surface area contributed by atoms with Crippen LogP contribution in [0.2, 0.25) is 0 Å². The van der Waals surface area contributed by atoms with Gasteiger partial charge in [-0.3, -0.25) is 14.4 Å². The highest BCUT2D eigenvalue weighted by molar-refractivity contribution is 6.00. The molecule has 1 rings (SSSR count). The largest absolute Gasteiger partial charge is 0.469 e. The summed E-state index contributed by atoms with van der Waals surface area (Å²) < 4.78 is 18.4. The second-order valence-electron chi connectivity index (χ2n) is 5.46. The minimum absolute atomic E-state index is 0.0264. The molecular formula is C18H21NO9. The van der Waals surface area contributed by atoms with Gasteiger partial charge < -0.3 is 24.3 Å². The molecule has 152 valence electrons. The van der Waals surface area contributed by atoms with E-state index in [0.717, 1.165) is 21.3 Å². The number of benzene rings is 1. The predicted octanol–water partition coefficient (Wildman–Crippen LogP) is 0.0969. The van der Waals surface area contributed by atoms with Crippen molar-refractivity contribution in [3.05, 3.63) is 35.4 Å². The fourth-order valence-electron chi connectivity index (χ4n) is 2.33. The van der Waals surface area contributed by atoms with E-state index in [0.29, 0.717) is 0 Å². The Morgan fingerprint density at radius 2 is 1.46 bits per heavy atom. The van der Waals surface area contributed by atoms with Crippen LogP contribution in [-0.2, 0) is 33.3 Å². The fourth-order valence-corrected chi connectivity index (χ4v) is 2.33. The van der Waals surface area contributed by atoms with Crippen molar-refractivity contribution in [3.8, 4) is 0 Å². The first-order valence-corrected chi connectivity index (χ1v) is 8.00. The Bertz CT molecular complexity index is 759. The molecule has 0 fully saturated rings. The molecule has 0 aromatic heterocycles. The second kappa shape index (κ2) is 10.7. The molecule has 28 heavy (non-hydrogen) atoms. The summed E-state index contributed by atoms with van der Waals surface area (Å²) in [6, 6.07) is 4.01. The van der Waals surface area contributed by atoms with E-state index in [1.807, 2.05) is 0 Å². The van der Waals surface area contributed by atoms with Gasteiger partial charge in [-0.2, -0.15) is 0 Å². The van der Waals surface area contributed by atoms with Gasteiger partial charge in [0, 0.05) is 5.56 Å². The van der Waals surface area contributed by atoms with Gasteiger partial charge in [-0.05, 0) is 18.2 Å². The Labute approximate surface area is 161 Å². The van der Waals surface area contributed by atoms with E-state index in [-0.39, 0.29) is 11.1 Å². The number of ether oxygens (including phenoxy) is 4. The molecule has 0 aliphatic carbocycles. The number of carbonyl (C=O) groups excluding carboxylic acids is 5. The molecule has 10 heteroatoms. The van der Waals surface area contributed by atoms with E-state index in [1.165, 1.54) is 31.4 Å². The summed E-state index contributed by atoms with van der Waals surface area (Å²) in [6.45, 7) is 0. The van der Waals surface area contributed by atoms with Crippen LogP contribution in [0.5, 0.6) is 0 Å². The Kier molecular flexibility index (Phi) is 8.60. The number of amides is 1. The van der Waals surface area contributed by atoms with E-state index in [4.69, 9.17) is 0 Å². The van der Waals surface area contributed by atoms with E-state index >= 15 is 0 Å². The SMILES string of the molecule is COC(=O)C[C@@H](C(=O)OC)[C@H](NC(=O)c1cccc(C(=O)OC)c1)C(=O)OC. The quantitative estimate of drug-likeness (QED) is 0.480. The number of rotatable bonds is 8. The van der Waals surface area contributed by atoms with E-state index in [9.17, 15) is 24.0 Å². The number of nitrogens with one attached hydrogen (secondary N) is 1. The molecule has 0 radical (unpaired) electrons. The summed E-state index contributed by atoms with van der Waals surface area (Å²) in [6.07, 6.45) is -0.522. The zero-order valence-electron chi connectivity index (χ0n) is 15.8. The lowest BCUT2D eigenvalue weighted by Crippen LogP contribution is -2.50. The molecule has 0 saturated heterocycles. The third-order valence-electron chi connectivity index (χ3n) is 3.81. The smallest absolute Gasteiger partial charge is 0.337 e. The third kappa shape index (κ3) is 5.79. The zero-order valence-corrected chi connectivity index (χ0v) is 15.8. The monoisotopic (exact) mass is 395 g/mol. The van der Waals surface area contributed by atoms with Crippen molar-refractivity contribution in [3.63, 3.8) is 0 Å². The van der Waals surface area contributed by atoms with Gasteiger partial charge in [0.15, 0.2) is 0 Å². The van der Waals surface area contributed by atoms with Crippen molar-refractivity contribution in [2.24, 2.45) is 5.92 Å². The zero-order chi connectivity index (χ0) is 21.3. The molecular weight excluding hydrogens is 374 g/mol. The van der Waals surface area contributed by atoms with E-state index in [2.05, 4.69) is 24.3 Å². The summed E-state index contributed by atoms with van der Waals surface area (Å²) >= 11 is 0. The highest BCUT2D eigenvalue weighted by atomic mass is 16.5. The Hall–Kier alpha value is -3.43. The second-order valence-corrected chi connectivity index (χ2v) is 5.46. The number of methoxy groups -OCH3 is 4. The van der Waals surface area contributed by atoms with Crippen LogP contribution in [0.4, 0.5) is 0 Å². The highest BCUT2D eigenvalue weighted by Gasteiger charge is 2.38. The van der Waals surface area contributed by atoms with E-state index < -0.39 is 48.2 Å². The average Bonchev–Trinajstić information content (AvgIpc) is 2.73. The lowest BCUT2D eigenvalue weighted by Gasteiger charge is -2.23. The van der Waals surface area contributed by atoms with Crippen molar-refractivity contribution in [1.29, 1.82) is 0 Å². The molecule has 1 aromatic carbocycles. The molecule has 1 amide bonds. The van der Waals surface area contributed by atoms with Crippen molar-refractivity contribution < 1.29 is 42.9 Å². The third-order valence-corrected chi connectivity index (χ3v) is 3.81. The Morgan fingerprint density at radius 1 is 0.857 bits per heavy atom. The molecule has 0 unspecified atom stereocenters. The van der Waals surface area contributed by atoms with Crippen LogP contribution in [-0.4, -0.2) is 64.3 Å². The number of hydrogen-bond donors (Lipinski definition) is 1. The number of carbonyl (C=O) groups is 5. The van der Waals surface area contributed by atoms with Crippen LogP contribution < -0.4 is 5.32 Å². The van der Waals surface area contributed by atoms with Crippen molar-refractivity contribution in [2.75, 3.05) is 28.4 Å². The summed E-state index contributed by atoms with van der Waals surface area (Å²) in [5, 5.41) is 2.34. The van der Waals surface area contributed by atoms with Gasteiger partial charge in [0.05, 0.1) is 46.3 Å². The van der Waals surface area contributed by atoms with Gasteiger partial charge in [0.1, 0.15) is 6.04 Å². The van der Waals surface area contributed by atoms with Crippen molar-refractivity contribution >= 4 is 29.8 Å². The molecule has 2 atom stereocenters. The number of hydrogen-bond acceptors (Lipinski definition) is 9. The maximum atomic E-state index is 12.6. The summed E-state index contributed by atoms with van der Waals surface area (Å²) in [5.74, 6) is -5.47. The first-order chi connectivity index (χ1) is 13.3. The van der Waals surface area contributed by atoms with Crippen LogP contribution in [0.1, 0.15) is 27.1 Å². The molecule has 1 aromatic rings. The molecule has 0 aliphatic rings.